The monoisotopic (exact) mass is 274 g/mol. The standard InChI is InChI=1S/C5H10O.C5H5.5CH3.Ti/c1-2-3-4-5-6;1-2-4-5-3-1;;;;;;/h2,6H,1,3-5H2;1-3H,4H2;5*1H3;/q;6*-1;. The third kappa shape index (κ3) is 49.2. The van der Waals surface area contributed by atoms with Crippen LogP contribution in [0.25, 0.3) is 0 Å². The van der Waals surface area contributed by atoms with Gasteiger partial charge in [-0.2, -0.15) is 6.08 Å². The van der Waals surface area contributed by atoms with Crippen molar-refractivity contribution >= 4 is 0 Å². The number of allylic oxidation sites excluding steroid dienone is 5. The van der Waals surface area contributed by atoms with Crippen molar-refractivity contribution in [3.05, 3.63) is 74.1 Å². The molecule has 0 fully saturated rings. The molecule has 1 rings (SSSR count). The Morgan fingerprint density at radius 2 is 1.71 bits per heavy atom. The van der Waals surface area contributed by atoms with Gasteiger partial charge in [0.25, 0.3) is 0 Å². The number of aliphatic hydroxyl groups is 1. The second kappa shape index (κ2) is 44.6. The first-order chi connectivity index (χ1) is 5.41. The molecule has 0 bridgehead atoms. The Labute approximate surface area is 127 Å². The van der Waals surface area contributed by atoms with Crippen molar-refractivity contribution in [1.29, 1.82) is 0 Å². The number of hydrogen-bond donors (Lipinski definition) is 1. The fourth-order valence-electron chi connectivity index (χ4n) is 0.576. The van der Waals surface area contributed by atoms with Gasteiger partial charge in [0.1, 0.15) is 0 Å². The summed E-state index contributed by atoms with van der Waals surface area (Å²) in [6.07, 6.45) is 13.6. The molecule has 1 nitrogen and oxygen atoms in total. The predicted molar refractivity (Wildman–Crippen MR) is 80.2 cm³/mol. The minimum atomic E-state index is 0. The molecule has 1 aliphatic carbocycles. The van der Waals surface area contributed by atoms with Gasteiger partial charge in [0.05, 0.1) is 0 Å². The molecule has 2 heteroatoms. The second-order valence-corrected chi connectivity index (χ2v) is 2.16. The molecule has 0 saturated heterocycles. The average molecular weight is 274 g/mol. The summed E-state index contributed by atoms with van der Waals surface area (Å²) in [5, 5.41) is 8.15. The largest absolute Gasteiger partial charge is 0.396 e. The van der Waals surface area contributed by atoms with E-state index in [0.29, 0.717) is 0 Å². The first-order valence-electron chi connectivity index (χ1n) is 3.85. The maximum Gasteiger partial charge on any atom is 0.0433 e. The fraction of sp³-hybridized carbons (Fsp3) is 0.267. The Morgan fingerprint density at radius 3 is 1.82 bits per heavy atom. The normalized spacial score (nSPS) is 8.06. The van der Waals surface area contributed by atoms with Gasteiger partial charge in [0, 0.05) is 28.3 Å². The van der Waals surface area contributed by atoms with E-state index in [1.165, 1.54) is 0 Å². The van der Waals surface area contributed by atoms with Crippen molar-refractivity contribution in [2.75, 3.05) is 6.61 Å². The SMILES string of the molecule is C=CCCCO.[C-]1=CC=CC1.[CH3-].[CH3-].[CH3-].[CH3-].[CH3-].[Ti]. The maximum atomic E-state index is 8.15. The Kier molecular flexibility index (Phi) is 114. The van der Waals surface area contributed by atoms with Gasteiger partial charge in [0.15, 0.2) is 0 Å². The van der Waals surface area contributed by atoms with Crippen LogP contribution in [0.4, 0.5) is 0 Å². The molecule has 0 spiro atoms. The van der Waals surface area contributed by atoms with Crippen LogP contribution < -0.4 is 0 Å². The summed E-state index contributed by atoms with van der Waals surface area (Å²) in [5.74, 6) is 0. The van der Waals surface area contributed by atoms with Crippen LogP contribution in [0.1, 0.15) is 19.3 Å². The number of aliphatic hydroxyl groups excluding tert-OH is 1. The molecule has 0 saturated carbocycles. The first kappa shape index (κ1) is 43.6. The van der Waals surface area contributed by atoms with Crippen LogP contribution >= 0.6 is 0 Å². The Bertz CT molecular complexity index is 130. The zero-order valence-corrected chi connectivity index (χ0v) is 13.9. The van der Waals surface area contributed by atoms with E-state index in [1.54, 1.807) is 6.08 Å². The minimum absolute atomic E-state index is 0. The molecule has 0 unspecified atom stereocenters. The molecule has 1 aliphatic rings. The summed E-state index contributed by atoms with van der Waals surface area (Å²) in [7, 11) is 0. The number of unbranched alkanes of at least 4 members (excludes halogenated alkanes) is 1. The van der Waals surface area contributed by atoms with Crippen LogP contribution in [0.5, 0.6) is 0 Å². The van der Waals surface area contributed by atoms with Gasteiger partial charge in [-0.05, 0) is 12.8 Å². The molecule has 17 heavy (non-hydrogen) atoms. The Balaban J connectivity index is -0.0000000174. The fourth-order valence-corrected chi connectivity index (χ4v) is 0.576. The zero-order valence-electron chi connectivity index (χ0n) is 12.3. The summed E-state index contributed by atoms with van der Waals surface area (Å²) in [5.41, 5.74) is 0. The Morgan fingerprint density at radius 1 is 1.18 bits per heavy atom. The Hall–Kier alpha value is -0.106. The van der Waals surface area contributed by atoms with E-state index in [-0.39, 0.29) is 65.5 Å². The van der Waals surface area contributed by atoms with Gasteiger partial charge in [0.2, 0.25) is 0 Å². The number of hydrogen-bond acceptors (Lipinski definition) is 1. The summed E-state index contributed by atoms with van der Waals surface area (Å²) < 4.78 is 0. The molecule has 106 valence electrons. The van der Waals surface area contributed by atoms with Crippen molar-refractivity contribution < 1.29 is 26.8 Å². The van der Waals surface area contributed by atoms with E-state index < -0.39 is 0 Å². The molecule has 0 aromatic carbocycles. The maximum absolute atomic E-state index is 8.15. The van der Waals surface area contributed by atoms with E-state index in [1.807, 2.05) is 12.2 Å². The van der Waals surface area contributed by atoms with Crippen LogP contribution in [0.15, 0.2) is 30.9 Å². The number of rotatable bonds is 3. The molecule has 0 amide bonds. The van der Waals surface area contributed by atoms with Crippen LogP contribution in [0.2, 0.25) is 0 Å². The minimum Gasteiger partial charge on any atom is -0.396 e. The first-order valence-corrected chi connectivity index (χ1v) is 3.85. The summed E-state index contributed by atoms with van der Waals surface area (Å²) >= 11 is 0. The second-order valence-electron chi connectivity index (χ2n) is 2.16. The van der Waals surface area contributed by atoms with Gasteiger partial charge in [-0.3, -0.25) is 6.08 Å². The third-order valence-corrected chi connectivity index (χ3v) is 1.15. The van der Waals surface area contributed by atoms with Crippen molar-refractivity contribution in [2.45, 2.75) is 19.3 Å². The summed E-state index contributed by atoms with van der Waals surface area (Å²) in [6.45, 7) is 3.77. The molecule has 0 atom stereocenters. The quantitative estimate of drug-likeness (QED) is 0.348. The van der Waals surface area contributed by atoms with E-state index in [9.17, 15) is 0 Å². The zero-order chi connectivity index (χ0) is 8.36. The van der Waals surface area contributed by atoms with Crippen molar-refractivity contribution in [3.63, 3.8) is 0 Å². The molecular formula is C15H30OTi-6. The van der Waals surface area contributed by atoms with Crippen molar-refractivity contribution in [1.82, 2.24) is 0 Å². The van der Waals surface area contributed by atoms with Gasteiger partial charge >= 0.3 is 0 Å². The van der Waals surface area contributed by atoms with Crippen LogP contribution in [-0.4, -0.2) is 11.7 Å². The van der Waals surface area contributed by atoms with Gasteiger partial charge in [-0.25, -0.2) is 12.2 Å². The summed E-state index contributed by atoms with van der Waals surface area (Å²) in [6, 6.07) is 0. The molecule has 0 aromatic rings. The third-order valence-electron chi connectivity index (χ3n) is 1.15. The van der Waals surface area contributed by atoms with E-state index in [4.69, 9.17) is 5.11 Å². The molecule has 0 heterocycles. The van der Waals surface area contributed by atoms with Crippen LogP contribution in [0.3, 0.4) is 0 Å². The molecule has 0 radical (unpaired) electrons. The van der Waals surface area contributed by atoms with E-state index in [2.05, 4.69) is 18.7 Å². The van der Waals surface area contributed by atoms with E-state index >= 15 is 0 Å². The molecule has 0 aliphatic heterocycles. The van der Waals surface area contributed by atoms with Crippen molar-refractivity contribution in [2.24, 2.45) is 0 Å². The molecule has 1 N–H and O–H groups in total. The van der Waals surface area contributed by atoms with Gasteiger partial charge < -0.3 is 42.2 Å². The van der Waals surface area contributed by atoms with Crippen LogP contribution in [0, 0.1) is 43.2 Å². The summed E-state index contributed by atoms with van der Waals surface area (Å²) in [4.78, 5) is 0. The topological polar surface area (TPSA) is 20.2 Å². The van der Waals surface area contributed by atoms with Gasteiger partial charge in [-0.15, -0.1) is 13.0 Å². The van der Waals surface area contributed by atoms with Crippen LogP contribution in [-0.2, 0) is 21.7 Å². The average Bonchev–Trinajstić information content (AvgIpc) is 2.57. The predicted octanol–water partition coefficient (Wildman–Crippen LogP) is 4.50. The van der Waals surface area contributed by atoms with E-state index in [0.717, 1.165) is 19.3 Å². The molecule has 0 aromatic heterocycles. The smallest absolute Gasteiger partial charge is 0.0433 e. The van der Waals surface area contributed by atoms with Gasteiger partial charge in [-0.1, -0.05) is 6.08 Å². The van der Waals surface area contributed by atoms with Crippen molar-refractivity contribution in [3.8, 4) is 0 Å². The molecular weight excluding hydrogens is 244 g/mol.